The van der Waals surface area contributed by atoms with Crippen LogP contribution in [0.15, 0.2) is 11.6 Å². The van der Waals surface area contributed by atoms with E-state index in [9.17, 15) is 0 Å². The van der Waals surface area contributed by atoms with Crippen molar-refractivity contribution in [3.05, 3.63) is 17.3 Å². The zero-order chi connectivity index (χ0) is 13.4. The maximum absolute atomic E-state index is 4.83. The first-order valence-electron chi connectivity index (χ1n) is 7.15. The number of nitrogens with one attached hydrogen (secondary N) is 1. The first-order valence-corrected chi connectivity index (χ1v) is 8.03. The molecule has 2 aromatic rings. The van der Waals surface area contributed by atoms with Gasteiger partial charge < -0.3 is 10.2 Å². The number of hydrogen-bond donors (Lipinski definition) is 1. The van der Waals surface area contributed by atoms with Gasteiger partial charge in [0, 0.05) is 36.8 Å². The van der Waals surface area contributed by atoms with Gasteiger partial charge >= 0.3 is 0 Å². The van der Waals surface area contributed by atoms with Crippen LogP contribution in [0.25, 0.3) is 4.96 Å². The van der Waals surface area contributed by atoms with Gasteiger partial charge in [0.05, 0.1) is 5.69 Å². The van der Waals surface area contributed by atoms with Crippen LogP contribution in [0, 0.1) is 0 Å². The summed E-state index contributed by atoms with van der Waals surface area (Å²) in [4.78, 5) is 8.31. The number of nitrogens with zero attached hydrogens (tertiary/aromatic N) is 3. The van der Waals surface area contributed by atoms with Crippen molar-refractivity contribution in [1.29, 1.82) is 0 Å². The van der Waals surface area contributed by atoms with Gasteiger partial charge in [-0.05, 0) is 33.6 Å². The third kappa shape index (κ3) is 2.49. The first kappa shape index (κ1) is 12.9. The molecule has 1 saturated carbocycles. The first-order chi connectivity index (χ1) is 9.20. The van der Waals surface area contributed by atoms with Crippen molar-refractivity contribution in [2.45, 2.75) is 52.2 Å². The van der Waals surface area contributed by atoms with Crippen LogP contribution in [0.3, 0.4) is 0 Å². The normalized spacial score (nSPS) is 15.6. The molecule has 1 N–H and O–H groups in total. The molecule has 2 aromatic heterocycles. The topological polar surface area (TPSA) is 32.6 Å². The molecule has 1 aliphatic carbocycles. The number of fused-ring (bicyclic) bond motifs is 1. The number of thiazole rings is 1. The Hall–Kier alpha value is -1.07. The molecule has 0 atom stereocenters. The van der Waals surface area contributed by atoms with Gasteiger partial charge in [-0.15, -0.1) is 11.3 Å². The van der Waals surface area contributed by atoms with E-state index in [1.54, 1.807) is 11.3 Å². The molecule has 0 bridgehead atoms. The maximum Gasteiger partial charge on any atom is 0.195 e. The molecule has 3 rings (SSSR count). The minimum atomic E-state index is 0.481. The molecule has 0 aromatic carbocycles. The molecule has 2 heterocycles. The molecule has 19 heavy (non-hydrogen) atoms. The largest absolute Gasteiger partial charge is 0.353 e. The summed E-state index contributed by atoms with van der Waals surface area (Å²) in [5.74, 6) is 1.15. The predicted octanol–water partition coefficient (Wildman–Crippen LogP) is 2.88. The summed E-state index contributed by atoms with van der Waals surface area (Å²) in [6.07, 6.45) is 4.78. The third-order valence-corrected chi connectivity index (χ3v) is 4.47. The lowest BCUT2D eigenvalue weighted by atomic mass is 10.3. The Labute approximate surface area is 118 Å². The Bertz CT molecular complexity index is 553. The smallest absolute Gasteiger partial charge is 0.195 e. The lowest BCUT2D eigenvalue weighted by molar-refractivity contribution is 0.652. The Morgan fingerprint density at radius 3 is 2.95 bits per heavy atom. The lowest BCUT2D eigenvalue weighted by Gasteiger charge is -2.26. The van der Waals surface area contributed by atoms with E-state index in [0.717, 1.165) is 29.9 Å². The van der Waals surface area contributed by atoms with E-state index in [2.05, 4.69) is 47.0 Å². The predicted molar refractivity (Wildman–Crippen MR) is 81.1 cm³/mol. The SMILES string of the molecule is CCN(c1nc2sccn2c1CNC1CC1)C(C)C. The Morgan fingerprint density at radius 2 is 2.32 bits per heavy atom. The maximum atomic E-state index is 4.83. The third-order valence-electron chi connectivity index (χ3n) is 3.71. The van der Waals surface area contributed by atoms with Gasteiger partial charge in [-0.1, -0.05) is 0 Å². The molecule has 1 fully saturated rings. The highest BCUT2D eigenvalue weighted by molar-refractivity contribution is 7.15. The highest BCUT2D eigenvalue weighted by Crippen LogP contribution is 2.27. The zero-order valence-corrected chi connectivity index (χ0v) is 12.7. The van der Waals surface area contributed by atoms with Gasteiger partial charge in [0.2, 0.25) is 0 Å². The molecular weight excluding hydrogens is 256 g/mol. The van der Waals surface area contributed by atoms with Crippen molar-refractivity contribution in [3.8, 4) is 0 Å². The molecule has 104 valence electrons. The van der Waals surface area contributed by atoms with E-state index in [1.165, 1.54) is 18.5 Å². The molecule has 0 unspecified atom stereocenters. The van der Waals surface area contributed by atoms with E-state index < -0.39 is 0 Å². The van der Waals surface area contributed by atoms with E-state index >= 15 is 0 Å². The summed E-state index contributed by atoms with van der Waals surface area (Å²) in [7, 11) is 0. The molecule has 0 spiro atoms. The fraction of sp³-hybridized carbons (Fsp3) is 0.643. The van der Waals surface area contributed by atoms with Crippen LogP contribution in [0.1, 0.15) is 39.3 Å². The second-order valence-electron chi connectivity index (χ2n) is 5.47. The second kappa shape index (κ2) is 5.13. The number of hydrogen-bond acceptors (Lipinski definition) is 4. The van der Waals surface area contributed by atoms with Crippen molar-refractivity contribution in [3.63, 3.8) is 0 Å². The van der Waals surface area contributed by atoms with Gasteiger partial charge in [0.25, 0.3) is 0 Å². The number of anilines is 1. The summed E-state index contributed by atoms with van der Waals surface area (Å²) in [5, 5.41) is 5.73. The average molecular weight is 278 g/mol. The van der Waals surface area contributed by atoms with Crippen LogP contribution in [-0.4, -0.2) is 28.0 Å². The van der Waals surface area contributed by atoms with Crippen molar-refractivity contribution in [2.75, 3.05) is 11.4 Å². The number of imidazole rings is 1. The number of aromatic nitrogens is 2. The Balaban J connectivity index is 1.95. The van der Waals surface area contributed by atoms with Crippen molar-refractivity contribution >= 4 is 22.1 Å². The van der Waals surface area contributed by atoms with E-state index in [4.69, 9.17) is 4.98 Å². The molecule has 5 heteroatoms. The summed E-state index contributed by atoms with van der Waals surface area (Å²) in [6.45, 7) is 8.58. The fourth-order valence-corrected chi connectivity index (χ4v) is 3.23. The molecule has 1 aliphatic rings. The monoisotopic (exact) mass is 278 g/mol. The van der Waals surface area contributed by atoms with Crippen LogP contribution in [-0.2, 0) is 6.54 Å². The highest BCUT2D eigenvalue weighted by atomic mass is 32.1. The Morgan fingerprint density at radius 1 is 1.53 bits per heavy atom. The van der Waals surface area contributed by atoms with Crippen LogP contribution >= 0.6 is 11.3 Å². The van der Waals surface area contributed by atoms with Crippen LogP contribution in [0.5, 0.6) is 0 Å². The molecule has 0 amide bonds. The molecular formula is C14H22N4S. The molecule has 0 radical (unpaired) electrons. The van der Waals surface area contributed by atoms with Gasteiger partial charge in [0.1, 0.15) is 0 Å². The summed E-state index contributed by atoms with van der Waals surface area (Å²) in [5.41, 5.74) is 1.30. The Kier molecular flexibility index (Phi) is 3.50. The van der Waals surface area contributed by atoms with Crippen molar-refractivity contribution < 1.29 is 0 Å². The van der Waals surface area contributed by atoms with Gasteiger partial charge in [-0.3, -0.25) is 4.40 Å². The standard InChI is InChI=1S/C14H22N4S/c1-4-17(10(2)3)13-12(9-15-11-5-6-11)18-7-8-19-14(18)16-13/h7-8,10-11,15H,4-6,9H2,1-3H3. The summed E-state index contributed by atoms with van der Waals surface area (Å²) in [6, 6.07) is 1.21. The average Bonchev–Trinajstić information content (AvgIpc) is 2.98. The van der Waals surface area contributed by atoms with Crippen molar-refractivity contribution in [1.82, 2.24) is 14.7 Å². The molecule has 0 aliphatic heterocycles. The minimum absolute atomic E-state index is 0.481. The van der Waals surface area contributed by atoms with Gasteiger partial charge in [-0.25, -0.2) is 4.98 Å². The van der Waals surface area contributed by atoms with Crippen LogP contribution in [0.4, 0.5) is 5.82 Å². The summed E-state index contributed by atoms with van der Waals surface area (Å²) >= 11 is 1.71. The van der Waals surface area contributed by atoms with Gasteiger partial charge in [0.15, 0.2) is 10.8 Å². The van der Waals surface area contributed by atoms with E-state index in [-0.39, 0.29) is 0 Å². The minimum Gasteiger partial charge on any atom is -0.353 e. The number of rotatable bonds is 6. The fourth-order valence-electron chi connectivity index (χ4n) is 2.50. The second-order valence-corrected chi connectivity index (χ2v) is 6.35. The highest BCUT2D eigenvalue weighted by Gasteiger charge is 2.24. The van der Waals surface area contributed by atoms with Gasteiger partial charge in [-0.2, -0.15) is 0 Å². The van der Waals surface area contributed by atoms with E-state index in [0.29, 0.717) is 6.04 Å². The van der Waals surface area contributed by atoms with Crippen LogP contribution < -0.4 is 10.2 Å². The quantitative estimate of drug-likeness (QED) is 0.882. The molecule has 0 saturated heterocycles. The van der Waals surface area contributed by atoms with Crippen LogP contribution in [0.2, 0.25) is 0 Å². The van der Waals surface area contributed by atoms with E-state index in [1.807, 2.05) is 0 Å². The lowest BCUT2D eigenvalue weighted by Crippen LogP contribution is -2.32. The zero-order valence-electron chi connectivity index (χ0n) is 11.9. The summed E-state index contributed by atoms with van der Waals surface area (Å²) < 4.78 is 2.24. The van der Waals surface area contributed by atoms with Crippen molar-refractivity contribution in [2.24, 2.45) is 0 Å². The molecule has 4 nitrogen and oxygen atoms in total.